The van der Waals surface area contributed by atoms with E-state index in [9.17, 15) is 14.4 Å². The van der Waals surface area contributed by atoms with E-state index in [1.54, 1.807) is 18.2 Å². The van der Waals surface area contributed by atoms with E-state index in [0.717, 1.165) is 11.1 Å². The Hall–Kier alpha value is -2.95. The molecule has 152 valence electrons. The number of amides is 2. The van der Waals surface area contributed by atoms with E-state index in [0.29, 0.717) is 28.8 Å². The van der Waals surface area contributed by atoms with Crippen LogP contribution in [0.2, 0.25) is 0 Å². The van der Waals surface area contributed by atoms with Crippen molar-refractivity contribution in [2.45, 2.75) is 52.4 Å². The smallest absolute Gasteiger partial charge is 0.305 e. The lowest BCUT2D eigenvalue weighted by Crippen LogP contribution is -2.32. The van der Waals surface area contributed by atoms with Crippen LogP contribution >= 0.6 is 0 Å². The van der Waals surface area contributed by atoms with Crippen LogP contribution in [0.5, 0.6) is 0 Å². The topological polar surface area (TPSA) is 63.7 Å². The average molecular weight is 393 g/mol. The molecule has 3 rings (SSSR count). The monoisotopic (exact) mass is 393 g/mol. The first-order valence-corrected chi connectivity index (χ1v) is 9.98. The zero-order valence-corrected chi connectivity index (χ0v) is 17.6. The number of carbonyl (C=O) groups excluding carboxylic acids is 3. The molecule has 0 fully saturated rings. The third-order valence-corrected chi connectivity index (χ3v) is 5.39. The van der Waals surface area contributed by atoms with Crippen LogP contribution in [0.25, 0.3) is 0 Å². The molecule has 0 saturated carbocycles. The van der Waals surface area contributed by atoms with Crippen molar-refractivity contribution in [1.82, 2.24) is 0 Å². The number of carbonyl (C=O) groups is 3. The van der Waals surface area contributed by atoms with E-state index in [1.165, 1.54) is 12.0 Å². The Morgan fingerprint density at radius 3 is 2.07 bits per heavy atom. The van der Waals surface area contributed by atoms with Gasteiger partial charge in [-0.2, -0.15) is 0 Å². The van der Waals surface area contributed by atoms with Crippen molar-refractivity contribution in [2.75, 3.05) is 12.0 Å². The second-order valence-electron chi connectivity index (χ2n) is 7.96. The van der Waals surface area contributed by atoms with E-state index in [1.807, 2.05) is 18.2 Å². The number of imide groups is 1. The summed E-state index contributed by atoms with van der Waals surface area (Å²) in [6.07, 6.45) is 0.514. The molecule has 5 nitrogen and oxygen atoms in total. The summed E-state index contributed by atoms with van der Waals surface area (Å²) >= 11 is 0. The van der Waals surface area contributed by atoms with Crippen molar-refractivity contribution < 1.29 is 19.1 Å². The van der Waals surface area contributed by atoms with Crippen molar-refractivity contribution in [2.24, 2.45) is 0 Å². The van der Waals surface area contributed by atoms with Gasteiger partial charge < -0.3 is 4.74 Å². The Kier molecular flexibility index (Phi) is 5.87. The summed E-state index contributed by atoms with van der Waals surface area (Å²) in [5.41, 5.74) is 4.13. The first-order chi connectivity index (χ1) is 13.8. The molecule has 0 radical (unpaired) electrons. The number of nitrogens with zero attached hydrogens (tertiary/aromatic N) is 1. The number of hydrogen-bond acceptors (Lipinski definition) is 4. The normalized spacial score (nSPS) is 13.4. The average Bonchev–Trinajstić information content (AvgIpc) is 2.96. The molecule has 5 heteroatoms. The fourth-order valence-electron chi connectivity index (χ4n) is 3.88. The number of ether oxygens (including phenoxy) is 1. The number of rotatable bonds is 6. The largest absolute Gasteiger partial charge is 0.469 e. The van der Waals surface area contributed by atoms with E-state index in [4.69, 9.17) is 4.74 Å². The first kappa shape index (κ1) is 20.8. The maximum Gasteiger partial charge on any atom is 0.305 e. The first-order valence-electron chi connectivity index (χ1n) is 9.98. The molecule has 2 amide bonds. The van der Waals surface area contributed by atoms with Gasteiger partial charge in [0, 0.05) is 6.42 Å². The molecular formula is C24H27NO4. The molecule has 0 N–H and O–H groups in total. The van der Waals surface area contributed by atoms with E-state index in [2.05, 4.69) is 27.7 Å². The van der Waals surface area contributed by atoms with Crippen LogP contribution in [0, 0.1) is 0 Å². The molecule has 2 aromatic carbocycles. The predicted octanol–water partition coefficient (Wildman–Crippen LogP) is 4.84. The van der Waals surface area contributed by atoms with Gasteiger partial charge in [0.25, 0.3) is 11.8 Å². The molecule has 29 heavy (non-hydrogen) atoms. The van der Waals surface area contributed by atoms with Gasteiger partial charge in [0.05, 0.1) is 23.9 Å². The molecule has 0 spiro atoms. The summed E-state index contributed by atoms with van der Waals surface area (Å²) in [5, 5.41) is 0. The lowest BCUT2D eigenvalue weighted by Gasteiger charge is -2.25. The van der Waals surface area contributed by atoms with Crippen LogP contribution in [0.4, 0.5) is 5.69 Å². The second-order valence-corrected chi connectivity index (χ2v) is 7.96. The minimum absolute atomic E-state index is 0.159. The third-order valence-electron chi connectivity index (χ3n) is 5.39. The Bertz CT molecular complexity index is 949. The predicted molar refractivity (Wildman–Crippen MR) is 113 cm³/mol. The minimum Gasteiger partial charge on any atom is -0.469 e. The van der Waals surface area contributed by atoms with Gasteiger partial charge in [0.15, 0.2) is 0 Å². The summed E-state index contributed by atoms with van der Waals surface area (Å²) in [5.74, 6) is -0.650. The van der Waals surface area contributed by atoms with E-state index < -0.39 is 0 Å². The van der Waals surface area contributed by atoms with E-state index >= 15 is 0 Å². The summed E-state index contributed by atoms with van der Waals surface area (Å²) < 4.78 is 4.71. The molecular weight excluding hydrogens is 366 g/mol. The fourth-order valence-corrected chi connectivity index (χ4v) is 3.88. The van der Waals surface area contributed by atoms with Gasteiger partial charge >= 0.3 is 5.97 Å². The van der Waals surface area contributed by atoms with Gasteiger partial charge in [-0.05, 0) is 41.0 Å². The number of methoxy groups -OCH3 is 1. The van der Waals surface area contributed by atoms with Crippen LogP contribution in [-0.2, 0) is 16.0 Å². The Morgan fingerprint density at radius 1 is 0.931 bits per heavy atom. The molecule has 1 aliphatic heterocycles. The summed E-state index contributed by atoms with van der Waals surface area (Å²) in [6, 6.07) is 11.2. The standard InChI is InChI=1S/C24H27NO4/c1-14(2)17-9-7-10-18(15(3)4)22(17)25-23(27)19-11-6-8-16(21(19)24(25)28)12-13-20(26)29-5/h6-11,14-15H,12-13H2,1-5H3. The van der Waals surface area contributed by atoms with Crippen LogP contribution in [-0.4, -0.2) is 24.9 Å². The Morgan fingerprint density at radius 2 is 1.52 bits per heavy atom. The molecule has 2 aromatic rings. The van der Waals surface area contributed by atoms with Gasteiger partial charge in [0.2, 0.25) is 0 Å². The zero-order valence-electron chi connectivity index (χ0n) is 17.6. The van der Waals surface area contributed by atoms with Gasteiger partial charge in [-0.1, -0.05) is 58.0 Å². The van der Waals surface area contributed by atoms with Crippen molar-refractivity contribution >= 4 is 23.5 Å². The van der Waals surface area contributed by atoms with Gasteiger partial charge in [0.1, 0.15) is 0 Å². The maximum atomic E-state index is 13.5. The Labute approximate surface area is 171 Å². The SMILES string of the molecule is COC(=O)CCc1cccc2c1C(=O)N(c1c(C(C)C)cccc1C(C)C)C2=O. The van der Waals surface area contributed by atoms with Crippen LogP contribution in [0.15, 0.2) is 36.4 Å². The molecule has 0 bridgehead atoms. The number of anilines is 1. The van der Waals surface area contributed by atoms with Gasteiger partial charge in [-0.25, -0.2) is 4.90 Å². The maximum absolute atomic E-state index is 13.5. The number of fused-ring (bicyclic) bond motifs is 1. The molecule has 0 saturated heterocycles. The van der Waals surface area contributed by atoms with Gasteiger partial charge in [-0.15, -0.1) is 0 Å². The highest BCUT2D eigenvalue weighted by Crippen LogP contribution is 2.40. The van der Waals surface area contributed by atoms with Crippen molar-refractivity contribution in [3.05, 3.63) is 64.2 Å². The number of aryl methyl sites for hydroxylation is 1. The van der Waals surface area contributed by atoms with Crippen molar-refractivity contribution in [3.8, 4) is 0 Å². The van der Waals surface area contributed by atoms with Crippen LogP contribution in [0.1, 0.15) is 83.4 Å². The van der Waals surface area contributed by atoms with Crippen LogP contribution < -0.4 is 4.90 Å². The molecule has 1 heterocycles. The summed E-state index contributed by atoms with van der Waals surface area (Å²) in [6.45, 7) is 8.23. The molecule has 1 aliphatic rings. The van der Waals surface area contributed by atoms with Gasteiger partial charge in [-0.3, -0.25) is 14.4 Å². The Balaban J connectivity index is 2.12. The highest BCUT2D eigenvalue weighted by Gasteiger charge is 2.40. The van der Waals surface area contributed by atoms with Crippen molar-refractivity contribution in [1.29, 1.82) is 0 Å². The number of benzene rings is 2. The summed E-state index contributed by atoms with van der Waals surface area (Å²) in [7, 11) is 1.34. The molecule has 0 aromatic heterocycles. The number of esters is 1. The highest BCUT2D eigenvalue weighted by molar-refractivity contribution is 6.35. The zero-order chi connectivity index (χ0) is 21.3. The number of hydrogen-bond donors (Lipinski definition) is 0. The number of para-hydroxylation sites is 1. The highest BCUT2D eigenvalue weighted by atomic mass is 16.5. The lowest BCUT2D eigenvalue weighted by atomic mass is 9.92. The quantitative estimate of drug-likeness (QED) is 0.520. The van der Waals surface area contributed by atoms with Crippen molar-refractivity contribution in [3.63, 3.8) is 0 Å². The fraction of sp³-hybridized carbons (Fsp3) is 0.375. The minimum atomic E-state index is -0.344. The summed E-state index contributed by atoms with van der Waals surface area (Å²) in [4.78, 5) is 39.7. The molecule has 0 atom stereocenters. The third kappa shape index (κ3) is 3.69. The van der Waals surface area contributed by atoms with Crippen LogP contribution in [0.3, 0.4) is 0 Å². The molecule has 0 unspecified atom stereocenters. The second kappa shape index (κ2) is 8.19. The van der Waals surface area contributed by atoms with E-state index in [-0.39, 0.29) is 36.0 Å². The molecule has 0 aliphatic carbocycles. The lowest BCUT2D eigenvalue weighted by molar-refractivity contribution is -0.140.